The third-order valence-corrected chi connectivity index (χ3v) is 3.52. The van der Waals surface area contributed by atoms with Crippen molar-refractivity contribution >= 4 is 11.8 Å². The summed E-state index contributed by atoms with van der Waals surface area (Å²) in [4.78, 5) is 23.7. The Bertz CT molecular complexity index is 548. The van der Waals surface area contributed by atoms with Gasteiger partial charge in [-0.2, -0.15) is 0 Å². The Hall–Kier alpha value is -1.98. The van der Waals surface area contributed by atoms with Gasteiger partial charge < -0.3 is 10.6 Å². The van der Waals surface area contributed by atoms with E-state index in [0.717, 1.165) is 18.6 Å². The van der Waals surface area contributed by atoms with Crippen molar-refractivity contribution in [3.8, 4) is 0 Å². The standard InChI is InChI=1S/C14H16F2N2O2/c1-7-5-9(7)13(19)18-12(14(20)17-2)8-3-4-10(15)11(16)6-8/h3-4,6-7,9,12H,5H2,1-2H3,(H,17,20)(H,18,19). The first-order valence-corrected chi connectivity index (χ1v) is 6.41. The molecule has 0 saturated heterocycles. The van der Waals surface area contributed by atoms with Crippen LogP contribution in [0, 0.1) is 23.5 Å². The van der Waals surface area contributed by atoms with Gasteiger partial charge in [0.2, 0.25) is 11.8 Å². The molecule has 20 heavy (non-hydrogen) atoms. The molecule has 6 heteroatoms. The normalized spacial score (nSPS) is 22.0. The number of rotatable bonds is 4. The molecular weight excluding hydrogens is 266 g/mol. The van der Waals surface area contributed by atoms with Crippen LogP contribution in [0.15, 0.2) is 18.2 Å². The molecule has 0 aromatic heterocycles. The molecule has 1 aromatic rings. The highest BCUT2D eigenvalue weighted by Gasteiger charge is 2.40. The van der Waals surface area contributed by atoms with Crippen molar-refractivity contribution in [1.29, 1.82) is 0 Å². The van der Waals surface area contributed by atoms with Gasteiger partial charge in [0.05, 0.1) is 0 Å². The lowest BCUT2D eigenvalue weighted by Gasteiger charge is -2.18. The van der Waals surface area contributed by atoms with Crippen LogP contribution in [0.4, 0.5) is 8.78 Å². The molecule has 0 spiro atoms. The SMILES string of the molecule is CNC(=O)C(NC(=O)C1CC1C)c1ccc(F)c(F)c1. The third kappa shape index (κ3) is 2.95. The average molecular weight is 282 g/mol. The second-order valence-electron chi connectivity index (χ2n) is 5.05. The summed E-state index contributed by atoms with van der Waals surface area (Å²) in [5.74, 6) is -2.57. The quantitative estimate of drug-likeness (QED) is 0.879. The minimum absolute atomic E-state index is 0.104. The number of likely N-dealkylation sites (N-methyl/N-ethyl adjacent to an activating group) is 1. The molecule has 0 radical (unpaired) electrons. The lowest BCUT2D eigenvalue weighted by atomic mass is 10.1. The molecule has 0 aliphatic heterocycles. The summed E-state index contributed by atoms with van der Waals surface area (Å²) in [6, 6.07) is 2.13. The maximum atomic E-state index is 13.3. The van der Waals surface area contributed by atoms with E-state index in [9.17, 15) is 18.4 Å². The van der Waals surface area contributed by atoms with E-state index in [1.807, 2.05) is 6.92 Å². The van der Waals surface area contributed by atoms with Gasteiger partial charge >= 0.3 is 0 Å². The number of carbonyl (C=O) groups excluding carboxylic acids is 2. The molecule has 3 atom stereocenters. The van der Waals surface area contributed by atoms with Gasteiger partial charge in [-0.1, -0.05) is 13.0 Å². The molecule has 1 saturated carbocycles. The summed E-state index contributed by atoms with van der Waals surface area (Å²) >= 11 is 0. The van der Waals surface area contributed by atoms with Crippen molar-refractivity contribution in [2.24, 2.45) is 11.8 Å². The number of carbonyl (C=O) groups is 2. The smallest absolute Gasteiger partial charge is 0.246 e. The molecule has 2 rings (SSSR count). The van der Waals surface area contributed by atoms with Gasteiger partial charge in [0.1, 0.15) is 6.04 Å². The van der Waals surface area contributed by atoms with Crippen molar-refractivity contribution in [2.75, 3.05) is 7.05 Å². The Morgan fingerprint density at radius 3 is 2.45 bits per heavy atom. The largest absolute Gasteiger partial charge is 0.357 e. The molecule has 0 bridgehead atoms. The molecule has 2 N–H and O–H groups in total. The van der Waals surface area contributed by atoms with E-state index in [4.69, 9.17) is 0 Å². The van der Waals surface area contributed by atoms with E-state index in [1.165, 1.54) is 13.1 Å². The molecule has 0 heterocycles. The predicted molar refractivity (Wildman–Crippen MR) is 68.6 cm³/mol. The van der Waals surface area contributed by atoms with Crippen molar-refractivity contribution in [3.63, 3.8) is 0 Å². The lowest BCUT2D eigenvalue weighted by Crippen LogP contribution is -2.40. The van der Waals surface area contributed by atoms with Crippen LogP contribution < -0.4 is 10.6 Å². The van der Waals surface area contributed by atoms with E-state index in [1.54, 1.807) is 0 Å². The maximum Gasteiger partial charge on any atom is 0.246 e. The van der Waals surface area contributed by atoms with E-state index in [0.29, 0.717) is 5.92 Å². The minimum atomic E-state index is -1.05. The molecule has 1 aliphatic carbocycles. The van der Waals surface area contributed by atoms with Gasteiger partial charge in [-0.05, 0) is 30.0 Å². The van der Waals surface area contributed by atoms with Crippen LogP contribution in [0.25, 0.3) is 0 Å². The predicted octanol–water partition coefficient (Wildman–Crippen LogP) is 1.52. The number of hydrogen-bond acceptors (Lipinski definition) is 2. The summed E-state index contributed by atoms with van der Waals surface area (Å²) in [5.41, 5.74) is 0.213. The zero-order valence-corrected chi connectivity index (χ0v) is 11.2. The van der Waals surface area contributed by atoms with Crippen LogP contribution in [-0.2, 0) is 9.59 Å². The molecule has 2 amide bonds. The lowest BCUT2D eigenvalue weighted by molar-refractivity contribution is -0.129. The first-order valence-electron chi connectivity index (χ1n) is 6.41. The van der Waals surface area contributed by atoms with Crippen molar-refractivity contribution in [3.05, 3.63) is 35.4 Å². The topological polar surface area (TPSA) is 58.2 Å². The summed E-state index contributed by atoms with van der Waals surface area (Å²) in [6.45, 7) is 1.94. The van der Waals surface area contributed by atoms with Crippen LogP contribution in [0.5, 0.6) is 0 Å². The van der Waals surface area contributed by atoms with Crippen LogP contribution in [0.3, 0.4) is 0 Å². The summed E-state index contributed by atoms with van der Waals surface area (Å²) in [5, 5.41) is 4.99. The van der Waals surface area contributed by atoms with E-state index in [-0.39, 0.29) is 17.4 Å². The first kappa shape index (κ1) is 14.4. The van der Waals surface area contributed by atoms with Gasteiger partial charge in [0.25, 0.3) is 0 Å². The number of halogens is 2. The highest BCUT2D eigenvalue weighted by atomic mass is 19.2. The van der Waals surface area contributed by atoms with Gasteiger partial charge in [-0.3, -0.25) is 9.59 Å². The Morgan fingerprint density at radius 1 is 1.30 bits per heavy atom. The maximum absolute atomic E-state index is 13.3. The van der Waals surface area contributed by atoms with E-state index >= 15 is 0 Å². The van der Waals surface area contributed by atoms with E-state index in [2.05, 4.69) is 10.6 Å². The summed E-state index contributed by atoms with van der Waals surface area (Å²) in [6.07, 6.45) is 0.782. The number of benzene rings is 1. The molecule has 108 valence electrons. The minimum Gasteiger partial charge on any atom is -0.357 e. The van der Waals surface area contributed by atoms with Gasteiger partial charge in [-0.15, -0.1) is 0 Å². The number of hydrogen-bond donors (Lipinski definition) is 2. The zero-order valence-electron chi connectivity index (χ0n) is 11.2. The second kappa shape index (κ2) is 5.56. The summed E-state index contributed by atoms with van der Waals surface area (Å²) < 4.78 is 26.2. The Balaban J connectivity index is 2.20. The monoisotopic (exact) mass is 282 g/mol. The molecule has 1 aromatic carbocycles. The Kier molecular flexibility index (Phi) is 4.01. The zero-order chi connectivity index (χ0) is 14.9. The van der Waals surface area contributed by atoms with Gasteiger partial charge in [0, 0.05) is 13.0 Å². The molecule has 4 nitrogen and oxygen atoms in total. The Labute approximate surface area is 115 Å². The summed E-state index contributed by atoms with van der Waals surface area (Å²) in [7, 11) is 1.42. The third-order valence-electron chi connectivity index (χ3n) is 3.52. The van der Waals surface area contributed by atoms with Crippen molar-refractivity contribution in [1.82, 2.24) is 10.6 Å². The van der Waals surface area contributed by atoms with Crippen LogP contribution in [-0.4, -0.2) is 18.9 Å². The van der Waals surface area contributed by atoms with Crippen LogP contribution >= 0.6 is 0 Å². The van der Waals surface area contributed by atoms with Crippen molar-refractivity contribution in [2.45, 2.75) is 19.4 Å². The number of nitrogens with one attached hydrogen (secondary N) is 2. The Morgan fingerprint density at radius 2 is 1.95 bits per heavy atom. The number of amides is 2. The fraction of sp³-hybridized carbons (Fsp3) is 0.429. The highest BCUT2D eigenvalue weighted by Crippen LogP contribution is 2.38. The first-order chi connectivity index (χ1) is 9.43. The fourth-order valence-corrected chi connectivity index (χ4v) is 2.07. The van der Waals surface area contributed by atoms with Crippen LogP contribution in [0.1, 0.15) is 24.9 Å². The second-order valence-corrected chi connectivity index (χ2v) is 5.05. The molecular formula is C14H16F2N2O2. The van der Waals surface area contributed by atoms with E-state index < -0.39 is 23.6 Å². The van der Waals surface area contributed by atoms with Crippen LogP contribution in [0.2, 0.25) is 0 Å². The molecule has 3 unspecified atom stereocenters. The fourth-order valence-electron chi connectivity index (χ4n) is 2.07. The molecule has 1 fully saturated rings. The van der Waals surface area contributed by atoms with Crippen molar-refractivity contribution < 1.29 is 18.4 Å². The molecule has 1 aliphatic rings. The highest BCUT2D eigenvalue weighted by molar-refractivity contribution is 5.90. The van der Waals surface area contributed by atoms with Gasteiger partial charge in [0.15, 0.2) is 11.6 Å². The van der Waals surface area contributed by atoms with Gasteiger partial charge in [-0.25, -0.2) is 8.78 Å². The average Bonchev–Trinajstić information content (AvgIpc) is 3.15.